The lowest BCUT2D eigenvalue weighted by atomic mass is 10.1. The number of nitrogens with zero attached hydrogens (tertiary/aromatic N) is 1. The van der Waals surface area contributed by atoms with E-state index in [-0.39, 0.29) is 11.7 Å². The van der Waals surface area contributed by atoms with E-state index in [0.717, 1.165) is 19.4 Å². The highest BCUT2D eigenvalue weighted by molar-refractivity contribution is 9.10. The summed E-state index contributed by atoms with van der Waals surface area (Å²) in [7, 11) is 0. The van der Waals surface area contributed by atoms with E-state index in [1.54, 1.807) is 6.07 Å². The lowest BCUT2D eigenvalue weighted by Crippen LogP contribution is -2.43. The van der Waals surface area contributed by atoms with E-state index in [9.17, 15) is 9.18 Å². The Balaban J connectivity index is 2.17. The third kappa shape index (κ3) is 4.51. The molecule has 1 atom stereocenters. The molecule has 0 bridgehead atoms. The van der Waals surface area contributed by atoms with Gasteiger partial charge in [-0.3, -0.25) is 4.79 Å². The van der Waals surface area contributed by atoms with Crippen molar-refractivity contribution in [2.45, 2.75) is 32.7 Å². The predicted octanol–water partition coefficient (Wildman–Crippen LogP) is 3.44. The van der Waals surface area contributed by atoms with Gasteiger partial charge in [0.05, 0.1) is 5.56 Å². The molecular formula is C16H22BrFN2O. The van der Waals surface area contributed by atoms with Crippen LogP contribution in [0.5, 0.6) is 0 Å². The summed E-state index contributed by atoms with van der Waals surface area (Å²) in [5, 5.41) is 3.41. The van der Waals surface area contributed by atoms with Gasteiger partial charge in [0.15, 0.2) is 0 Å². The Morgan fingerprint density at radius 2 is 2.29 bits per heavy atom. The van der Waals surface area contributed by atoms with Crippen molar-refractivity contribution < 1.29 is 9.18 Å². The summed E-state index contributed by atoms with van der Waals surface area (Å²) in [6.07, 6.45) is 2.24. The Bertz CT molecular complexity index is 501. The van der Waals surface area contributed by atoms with Crippen LogP contribution in [0.2, 0.25) is 0 Å². The SMILES string of the molecule is CC(C)CN(CC1CCCN1)C(=O)c1cc(F)ccc1Br. The summed E-state index contributed by atoms with van der Waals surface area (Å²) in [5.74, 6) is -0.114. The van der Waals surface area contributed by atoms with E-state index in [2.05, 4.69) is 35.1 Å². The fourth-order valence-corrected chi connectivity index (χ4v) is 3.11. The number of amides is 1. The second-order valence-electron chi connectivity index (χ2n) is 6.02. The quantitative estimate of drug-likeness (QED) is 0.876. The van der Waals surface area contributed by atoms with Crippen LogP contribution in [0, 0.1) is 11.7 Å². The standard InChI is InChI=1S/C16H22BrFN2O/c1-11(2)9-20(10-13-4-3-7-19-13)16(21)14-8-12(18)5-6-15(14)17/h5-6,8,11,13,19H,3-4,7,9-10H2,1-2H3. The number of halogens is 2. The Hall–Kier alpha value is -0.940. The molecule has 3 nitrogen and oxygen atoms in total. The van der Waals surface area contributed by atoms with Crippen LogP contribution in [0.4, 0.5) is 4.39 Å². The maximum atomic E-state index is 13.4. The van der Waals surface area contributed by atoms with Crippen molar-refractivity contribution in [3.05, 3.63) is 34.1 Å². The number of carbonyl (C=O) groups is 1. The van der Waals surface area contributed by atoms with Crippen LogP contribution in [-0.2, 0) is 0 Å². The Labute approximate surface area is 134 Å². The van der Waals surface area contributed by atoms with Crippen LogP contribution in [0.15, 0.2) is 22.7 Å². The lowest BCUT2D eigenvalue weighted by molar-refractivity contribution is 0.0720. The molecular weight excluding hydrogens is 335 g/mol. The van der Waals surface area contributed by atoms with E-state index in [4.69, 9.17) is 0 Å². The molecule has 1 saturated heterocycles. The summed E-state index contributed by atoms with van der Waals surface area (Å²) in [4.78, 5) is 14.6. The molecule has 1 aliphatic heterocycles. The van der Waals surface area contributed by atoms with Gasteiger partial charge in [-0.05, 0) is 59.4 Å². The molecule has 1 heterocycles. The van der Waals surface area contributed by atoms with E-state index >= 15 is 0 Å². The first kappa shape index (κ1) is 16.4. The summed E-state index contributed by atoms with van der Waals surface area (Å²) < 4.78 is 14.1. The number of hydrogen-bond donors (Lipinski definition) is 1. The van der Waals surface area contributed by atoms with Crippen molar-refractivity contribution in [1.82, 2.24) is 10.2 Å². The minimum atomic E-state index is -0.384. The van der Waals surface area contributed by atoms with Crippen LogP contribution in [0.1, 0.15) is 37.0 Å². The zero-order chi connectivity index (χ0) is 15.4. The molecule has 0 saturated carbocycles. The maximum absolute atomic E-state index is 13.4. The van der Waals surface area contributed by atoms with E-state index in [0.29, 0.717) is 35.1 Å². The summed E-state index contributed by atoms with van der Waals surface area (Å²) in [6, 6.07) is 4.60. The van der Waals surface area contributed by atoms with Crippen LogP contribution in [-0.4, -0.2) is 36.5 Å². The van der Waals surface area contributed by atoms with Gasteiger partial charge in [0.2, 0.25) is 0 Å². The minimum absolute atomic E-state index is 0.108. The monoisotopic (exact) mass is 356 g/mol. The fourth-order valence-electron chi connectivity index (χ4n) is 2.69. The van der Waals surface area contributed by atoms with Gasteiger partial charge in [0.1, 0.15) is 5.82 Å². The largest absolute Gasteiger partial charge is 0.337 e. The van der Waals surface area contributed by atoms with Crippen molar-refractivity contribution in [2.75, 3.05) is 19.6 Å². The molecule has 21 heavy (non-hydrogen) atoms. The normalized spacial score (nSPS) is 18.2. The Morgan fingerprint density at radius 1 is 1.52 bits per heavy atom. The highest BCUT2D eigenvalue weighted by Gasteiger charge is 2.24. The molecule has 0 radical (unpaired) electrons. The highest BCUT2D eigenvalue weighted by Crippen LogP contribution is 2.21. The third-order valence-electron chi connectivity index (χ3n) is 3.63. The lowest BCUT2D eigenvalue weighted by Gasteiger charge is -2.28. The first-order chi connectivity index (χ1) is 9.97. The number of rotatable bonds is 5. The zero-order valence-electron chi connectivity index (χ0n) is 12.5. The highest BCUT2D eigenvalue weighted by atomic mass is 79.9. The molecule has 116 valence electrons. The molecule has 1 N–H and O–H groups in total. The van der Waals surface area contributed by atoms with E-state index in [1.165, 1.54) is 12.1 Å². The van der Waals surface area contributed by atoms with Crippen LogP contribution >= 0.6 is 15.9 Å². The van der Waals surface area contributed by atoms with Gasteiger partial charge >= 0.3 is 0 Å². The van der Waals surface area contributed by atoms with Gasteiger partial charge in [-0.2, -0.15) is 0 Å². The average Bonchev–Trinajstić information content (AvgIpc) is 2.92. The van der Waals surface area contributed by atoms with Crippen molar-refractivity contribution in [1.29, 1.82) is 0 Å². The molecule has 2 rings (SSSR count). The van der Waals surface area contributed by atoms with Crippen LogP contribution in [0.3, 0.4) is 0 Å². The van der Waals surface area contributed by atoms with Gasteiger partial charge in [0, 0.05) is 23.6 Å². The van der Waals surface area contributed by atoms with Gasteiger partial charge in [-0.25, -0.2) is 4.39 Å². The fraction of sp³-hybridized carbons (Fsp3) is 0.562. The van der Waals surface area contributed by atoms with Gasteiger partial charge in [0.25, 0.3) is 5.91 Å². The third-order valence-corrected chi connectivity index (χ3v) is 4.33. The molecule has 0 spiro atoms. The first-order valence-electron chi connectivity index (χ1n) is 7.45. The smallest absolute Gasteiger partial charge is 0.255 e. The predicted molar refractivity (Wildman–Crippen MR) is 85.9 cm³/mol. The molecule has 1 aromatic carbocycles. The number of benzene rings is 1. The molecule has 1 aromatic rings. The summed E-state index contributed by atoms with van der Waals surface area (Å²) in [5.41, 5.74) is 0.397. The Morgan fingerprint density at radius 3 is 2.90 bits per heavy atom. The van der Waals surface area contributed by atoms with Gasteiger partial charge in [-0.15, -0.1) is 0 Å². The summed E-state index contributed by atoms with van der Waals surface area (Å²) in [6.45, 7) is 6.55. The van der Waals surface area contributed by atoms with Crippen molar-refractivity contribution >= 4 is 21.8 Å². The second-order valence-corrected chi connectivity index (χ2v) is 6.88. The van der Waals surface area contributed by atoms with Crippen molar-refractivity contribution in [3.63, 3.8) is 0 Å². The van der Waals surface area contributed by atoms with Crippen LogP contribution < -0.4 is 5.32 Å². The molecule has 0 aromatic heterocycles. The van der Waals surface area contributed by atoms with Gasteiger partial charge in [-0.1, -0.05) is 13.8 Å². The molecule has 1 amide bonds. The van der Waals surface area contributed by atoms with E-state index in [1.807, 2.05) is 4.90 Å². The topological polar surface area (TPSA) is 32.3 Å². The number of hydrogen-bond acceptors (Lipinski definition) is 2. The molecule has 1 fully saturated rings. The second kappa shape index (κ2) is 7.36. The molecule has 5 heteroatoms. The number of nitrogens with one attached hydrogen (secondary N) is 1. The Kier molecular flexibility index (Phi) is 5.76. The zero-order valence-corrected chi connectivity index (χ0v) is 14.1. The van der Waals surface area contributed by atoms with Crippen LogP contribution in [0.25, 0.3) is 0 Å². The summed E-state index contributed by atoms with van der Waals surface area (Å²) >= 11 is 3.35. The molecule has 0 aliphatic carbocycles. The first-order valence-corrected chi connectivity index (χ1v) is 8.24. The van der Waals surface area contributed by atoms with Crippen molar-refractivity contribution in [3.8, 4) is 0 Å². The van der Waals surface area contributed by atoms with E-state index < -0.39 is 0 Å². The van der Waals surface area contributed by atoms with Gasteiger partial charge < -0.3 is 10.2 Å². The van der Waals surface area contributed by atoms with Crippen molar-refractivity contribution in [2.24, 2.45) is 5.92 Å². The maximum Gasteiger partial charge on any atom is 0.255 e. The minimum Gasteiger partial charge on any atom is -0.337 e. The number of carbonyl (C=O) groups excluding carboxylic acids is 1. The molecule has 1 aliphatic rings. The average molecular weight is 357 g/mol. The molecule has 1 unspecified atom stereocenters.